The van der Waals surface area contributed by atoms with Gasteiger partial charge in [0.1, 0.15) is 5.00 Å². The Kier molecular flexibility index (Phi) is 5.55. The van der Waals surface area contributed by atoms with Gasteiger partial charge in [0.05, 0.1) is 17.6 Å². The van der Waals surface area contributed by atoms with Gasteiger partial charge < -0.3 is 10.5 Å². The fraction of sp³-hybridized carbons (Fsp3) is 0.353. The van der Waals surface area contributed by atoms with Gasteiger partial charge >= 0.3 is 5.97 Å². The molecule has 2 rings (SSSR count). The third kappa shape index (κ3) is 3.86. The molecule has 0 amide bonds. The largest absolute Gasteiger partial charge is 0.465 e. The SMILES string of the molecule is COC(=O)c1c(N)sc(CNS(=O)(=O)c2c(C)cc(C)cc2C)c1C. The molecule has 2 aromatic rings. The van der Waals surface area contributed by atoms with Crippen molar-refractivity contribution in [2.75, 3.05) is 12.8 Å². The van der Waals surface area contributed by atoms with Gasteiger partial charge in [0.2, 0.25) is 10.0 Å². The topological polar surface area (TPSA) is 98.5 Å². The summed E-state index contributed by atoms with van der Waals surface area (Å²) in [7, 11) is -2.40. The van der Waals surface area contributed by atoms with Crippen LogP contribution in [0.25, 0.3) is 0 Å². The van der Waals surface area contributed by atoms with Crippen LogP contribution in [0.15, 0.2) is 17.0 Å². The summed E-state index contributed by atoms with van der Waals surface area (Å²) in [6, 6.07) is 3.68. The van der Waals surface area contributed by atoms with Crippen LogP contribution in [0.1, 0.15) is 37.5 Å². The first-order chi connectivity index (χ1) is 11.6. The third-order valence-electron chi connectivity index (χ3n) is 3.96. The number of carbonyl (C=O) groups excluding carboxylic acids is 1. The standard InChI is InChI=1S/C17H22N2O4S2/c1-9-6-10(2)15(11(3)7-9)25(21,22)19-8-13-12(4)14(16(18)24-13)17(20)23-5/h6-7,19H,8,18H2,1-5H3. The smallest absolute Gasteiger partial charge is 0.341 e. The van der Waals surface area contributed by atoms with Gasteiger partial charge in [-0.3, -0.25) is 0 Å². The molecule has 1 heterocycles. The van der Waals surface area contributed by atoms with Crippen molar-refractivity contribution in [2.24, 2.45) is 0 Å². The molecule has 0 radical (unpaired) electrons. The molecule has 0 aliphatic carbocycles. The number of esters is 1. The van der Waals surface area contributed by atoms with Crippen molar-refractivity contribution >= 4 is 32.3 Å². The summed E-state index contributed by atoms with van der Waals surface area (Å²) in [5, 5.41) is 0.321. The Bertz CT molecular complexity index is 907. The van der Waals surface area contributed by atoms with E-state index in [1.54, 1.807) is 20.8 Å². The van der Waals surface area contributed by atoms with Crippen LogP contribution in [0, 0.1) is 27.7 Å². The zero-order valence-corrected chi connectivity index (χ0v) is 16.5. The second-order valence-corrected chi connectivity index (χ2v) is 8.77. The molecule has 136 valence electrons. The van der Waals surface area contributed by atoms with Crippen molar-refractivity contribution in [1.82, 2.24) is 4.72 Å². The summed E-state index contributed by atoms with van der Waals surface area (Å²) in [5.41, 5.74) is 9.21. The molecule has 0 saturated carbocycles. The first-order valence-corrected chi connectivity index (χ1v) is 9.92. The van der Waals surface area contributed by atoms with Crippen LogP contribution in [-0.4, -0.2) is 21.5 Å². The summed E-state index contributed by atoms with van der Waals surface area (Å²) < 4.78 is 32.8. The van der Waals surface area contributed by atoms with Gasteiger partial charge in [0.25, 0.3) is 0 Å². The average molecular weight is 383 g/mol. The fourth-order valence-corrected chi connectivity index (χ4v) is 5.47. The molecule has 0 spiro atoms. The van der Waals surface area contributed by atoms with Crippen LogP contribution in [-0.2, 0) is 21.3 Å². The van der Waals surface area contributed by atoms with Gasteiger partial charge in [-0.1, -0.05) is 17.7 Å². The number of sulfonamides is 1. The Morgan fingerprint density at radius 2 is 1.76 bits per heavy atom. The van der Waals surface area contributed by atoms with E-state index in [-0.39, 0.29) is 11.4 Å². The van der Waals surface area contributed by atoms with E-state index in [9.17, 15) is 13.2 Å². The van der Waals surface area contributed by atoms with Crippen LogP contribution in [0.2, 0.25) is 0 Å². The highest BCUT2D eigenvalue weighted by Gasteiger charge is 2.23. The summed E-state index contributed by atoms with van der Waals surface area (Å²) in [6.07, 6.45) is 0. The Hall–Kier alpha value is -1.90. The Labute approximate surface area is 152 Å². The van der Waals surface area contributed by atoms with Crippen LogP contribution in [0.4, 0.5) is 5.00 Å². The molecule has 3 N–H and O–H groups in total. The Balaban J connectivity index is 2.32. The fourth-order valence-electron chi connectivity index (χ4n) is 2.93. The van der Waals surface area contributed by atoms with Crippen molar-refractivity contribution < 1.29 is 17.9 Å². The van der Waals surface area contributed by atoms with Crippen LogP contribution in [0.5, 0.6) is 0 Å². The van der Waals surface area contributed by atoms with E-state index in [4.69, 9.17) is 10.5 Å². The minimum Gasteiger partial charge on any atom is -0.465 e. The van der Waals surface area contributed by atoms with Crippen LogP contribution >= 0.6 is 11.3 Å². The highest BCUT2D eigenvalue weighted by molar-refractivity contribution is 7.89. The van der Waals surface area contributed by atoms with Gasteiger partial charge in [-0.2, -0.15) is 0 Å². The van der Waals surface area contributed by atoms with Gasteiger partial charge in [0.15, 0.2) is 0 Å². The Morgan fingerprint density at radius 1 is 1.20 bits per heavy atom. The molecule has 0 bridgehead atoms. The van der Waals surface area contributed by atoms with E-state index < -0.39 is 16.0 Å². The van der Waals surface area contributed by atoms with Gasteiger partial charge in [0, 0.05) is 11.4 Å². The molecule has 0 aliphatic heterocycles. The summed E-state index contributed by atoms with van der Waals surface area (Å²) in [4.78, 5) is 12.7. The number of ether oxygens (including phenoxy) is 1. The second kappa shape index (κ2) is 7.15. The molecule has 0 atom stereocenters. The minimum absolute atomic E-state index is 0.0623. The number of nitrogens with two attached hydrogens (primary N) is 1. The maximum atomic E-state index is 12.7. The van der Waals surface area contributed by atoms with Crippen molar-refractivity contribution in [2.45, 2.75) is 39.1 Å². The number of nitrogen functional groups attached to an aromatic ring is 1. The predicted molar refractivity (Wildman–Crippen MR) is 99.5 cm³/mol. The lowest BCUT2D eigenvalue weighted by Crippen LogP contribution is -2.25. The van der Waals surface area contributed by atoms with Gasteiger partial charge in [-0.25, -0.2) is 17.9 Å². The molecule has 25 heavy (non-hydrogen) atoms. The number of aryl methyl sites for hydroxylation is 3. The quantitative estimate of drug-likeness (QED) is 0.775. The monoisotopic (exact) mass is 382 g/mol. The highest BCUT2D eigenvalue weighted by atomic mass is 32.2. The summed E-state index contributed by atoms with van der Waals surface area (Å²) in [5.74, 6) is -0.523. The summed E-state index contributed by atoms with van der Waals surface area (Å²) in [6.45, 7) is 7.27. The van der Waals surface area contributed by atoms with Gasteiger partial charge in [-0.05, 0) is 44.4 Å². The average Bonchev–Trinajstić information content (AvgIpc) is 2.77. The number of hydrogen-bond acceptors (Lipinski definition) is 6. The van der Waals surface area contributed by atoms with E-state index >= 15 is 0 Å². The normalized spacial score (nSPS) is 11.6. The zero-order valence-electron chi connectivity index (χ0n) is 14.9. The molecule has 8 heteroatoms. The number of rotatable bonds is 5. The third-order valence-corrected chi connectivity index (χ3v) is 6.79. The van der Waals surface area contributed by atoms with Crippen molar-refractivity contribution in [3.63, 3.8) is 0 Å². The van der Waals surface area contributed by atoms with E-state index in [1.165, 1.54) is 18.4 Å². The number of benzene rings is 1. The minimum atomic E-state index is -3.68. The van der Waals surface area contributed by atoms with Crippen molar-refractivity contribution in [1.29, 1.82) is 0 Å². The van der Waals surface area contributed by atoms with E-state index in [2.05, 4.69) is 4.72 Å². The molecule has 1 aromatic heterocycles. The maximum absolute atomic E-state index is 12.7. The zero-order chi connectivity index (χ0) is 18.9. The number of anilines is 1. The van der Waals surface area contributed by atoms with Crippen LogP contribution in [0.3, 0.4) is 0 Å². The van der Waals surface area contributed by atoms with E-state index in [1.807, 2.05) is 19.1 Å². The molecule has 6 nitrogen and oxygen atoms in total. The van der Waals surface area contributed by atoms with Crippen LogP contribution < -0.4 is 10.5 Å². The Morgan fingerprint density at radius 3 is 2.28 bits per heavy atom. The number of nitrogens with one attached hydrogen (secondary N) is 1. The predicted octanol–water partition coefficient (Wildman–Crippen LogP) is 2.83. The molecule has 0 unspecified atom stereocenters. The highest BCUT2D eigenvalue weighted by Crippen LogP contribution is 2.31. The molecule has 0 fully saturated rings. The van der Waals surface area contributed by atoms with Crippen molar-refractivity contribution in [3.8, 4) is 0 Å². The number of hydrogen-bond donors (Lipinski definition) is 2. The lowest BCUT2D eigenvalue weighted by molar-refractivity contribution is 0.0601. The van der Waals surface area contributed by atoms with E-state index in [0.29, 0.717) is 32.1 Å². The first kappa shape index (κ1) is 19.4. The van der Waals surface area contributed by atoms with Gasteiger partial charge in [-0.15, -0.1) is 11.3 Å². The maximum Gasteiger partial charge on any atom is 0.341 e. The van der Waals surface area contributed by atoms with Crippen molar-refractivity contribution in [3.05, 3.63) is 44.8 Å². The number of methoxy groups -OCH3 is 1. The summed E-state index contributed by atoms with van der Waals surface area (Å²) >= 11 is 1.18. The molecule has 1 aromatic carbocycles. The number of carbonyl (C=O) groups is 1. The first-order valence-electron chi connectivity index (χ1n) is 7.62. The molecule has 0 aliphatic rings. The second-order valence-electron chi connectivity index (χ2n) is 5.93. The number of thiophene rings is 1. The lowest BCUT2D eigenvalue weighted by atomic mass is 10.1. The lowest BCUT2D eigenvalue weighted by Gasteiger charge is -2.13. The molecule has 0 saturated heterocycles. The molecular formula is C17H22N2O4S2. The van der Waals surface area contributed by atoms with E-state index in [0.717, 1.165) is 5.56 Å². The molecular weight excluding hydrogens is 360 g/mol.